The molecule has 1 aliphatic rings. The second kappa shape index (κ2) is 6.27. The molecule has 0 aliphatic heterocycles. The lowest BCUT2D eigenvalue weighted by molar-refractivity contribution is 0.203. The molecule has 1 N–H and O–H groups in total. The molecule has 0 amide bonds. The third-order valence-corrected chi connectivity index (χ3v) is 2.72. The zero-order chi connectivity index (χ0) is 12.8. The van der Waals surface area contributed by atoms with E-state index in [0.29, 0.717) is 6.42 Å². The van der Waals surface area contributed by atoms with Crippen LogP contribution in [0.5, 0.6) is 0 Å². The Labute approximate surface area is 104 Å². The maximum atomic E-state index is 9.86. The van der Waals surface area contributed by atoms with Crippen LogP contribution in [0.25, 0.3) is 0 Å². The summed E-state index contributed by atoms with van der Waals surface area (Å²) >= 11 is 0. The molecule has 0 radical (unpaired) electrons. The van der Waals surface area contributed by atoms with Crippen molar-refractivity contribution in [1.29, 1.82) is 0 Å². The van der Waals surface area contributed by atoms with E-state index >= 15 is 0 Å². The topological polar surface area (TPSA) is 20.2 Å². The van der Waals surface area contributed by atoms with Gasteiger partial charge in [-0.25, -0.2) is 0 Å². The second-order valence-corrected chi connectivity index (χ2v) is 4.67. The highest BCUT2D eigenvalue weighted by atomic mass is 16.3. The molecule has 0 saturated heterocycles. The van der Waals surface area contributed by atoms with Crippen LogP contribution in [0.2, 0.25) is 0 Å². The van der Waals surface area contributed by atoms with Crippen molar-refractivity contribution in [3.05, 3.63) is 47.6 Å². The van der Waals surface area contributed by atoms with Gasteiger partial charge in [0, 0.05) is 5.92 Å². The van der Waals surface area contributed by atoms with Crippen LogP contribution < -0.4 is 0 Å². The summed E-state index contributed by atoms with van der Waals surface area (Å²) in [5, 5.41) is 9.86. The highest BCUT2D eigenvalue weighted by molar-refractivity contribution is 5.38. The maximum absolute atomic E-state index is 9.86. The lowest BCUT2D eigenvalue weighted by Gasteiger charge is -2.17. The molecule has 2 atom stereocenters. The fourth-order valence-corrected chi connectivity index (χ4v) is 1.85. The average Bonchev–Trinajstić information content (AvgIpc) is 2.26. The normalized spacial score (nSPS) is 18.0. The molecule has 1 rings (SSSR count). The number of aliphatic hydroxyl groups is 1. The van der Waals surface area contributed by atoms with E-state index < -0.39 is 6.10 Å². The highest BCUT2D eigenvalue weighted by Gasteiger charge is 2.15. The zero-order valence-corrected chi connectivity index (χ0v) is 10.6. The SMILES string of the molecule is C#CC(CC(O)C=C(C)C)C1=CCC(=C)C=C1. The third kappa shape index (κ3) is 4.46. The molecule has 0 aromatic carbocycles. The smallest absolute Gasteiger partial charge is 0.0738 e. The standard InChI is InChI=1S/C16H20O/c1-5-14(11-16(17)10-12(2)3)15-8-6-13(4)7-9-15/h1,6,8-10,14,16-17H,4,7,11H2,2-3H3. The van der Waals surface area contributed by atoms with Crippen LogP contribution in [-0.4, -0.2) is 11.2 Å². The molecule has 1 aliphatic carbocycles. The van der Waals surface area contributed by atoms with Crippen LogP contribution in [0, 0.1) is 18.3 Å². The Hall–Kier alpha value is -1.52. The molecule has 0 heterocycles. The van der Waals surface area contributed by atoms with Crippen molar-refractivity contribution in [2.45, 2.75) is 32.8 Å². The number of hydrogen-bond donors (Lipinski definition) is 1. The van der Waals surface area contributed by atoms with Crippen LogP contribution in [0.4, 0.5) is 0 Å². The van der Waals surface area contributed by atoms with Gasteiger partial charge in [-0.3, -0.25) is 0 Å². The van der Waals surface area contributed by atoms with Gasteiger partial charge in [-0.1, -0.05) is 47.9 Å². The number of allylic oxidation sites excluding steroid dienone is 6. The van der Waals surface area contributed by atoms with Crippen molar-refractivity contribution in [3.8, 4) is 12.3 Å². The van der Waals surface area contributed by atoms with Gasteiger partial charge in [-0.2, -0.15) is 0 Å². The van der Waals surface area contributed by atoms with Crippen LogP contribution in [0.3, 0.4) is 0 Å². The summed E-state index contributed by atoms with van der Waals surface area (Å²) in [7, 11) is 0. The van der Waals surface area contributed by atoms with Crippen molar-refractivity contribution in [1.82, 2.24) is 0 Å². The van der Waals surface area contributed by atoms with Crippen molar-refractivity contribution >= 4 is 0 Å². The quantitative estimate of drug-likeness (QED) is 0.577. The minimum Gasteiger partial charge on any atom is -0.389 e. The molecule has 1 nitrogen and oxygen atoms in total. The van der Waals surface area contributed by atoms with E-state index in [2.05, 4.69) is 18.6 Å². The zero-order valence-electron chi connectivity index (χ0n) is 10.6. The van der Waals surface area contributed by atoms with E-state index in [-0.39, 0.29) is 5.92 Å². The Morgan fingerprint density at radius 2 is 2.29 bits per heavy atom. The van der Waals surface area contributed by atoms with Crippen molar-refractivity contribution in [3.63, 3.8) is 0 Å². The molecule has 0 aromatic rings. The molecular formula is C16H20O. The Bertz CT molecular complexity index is 411. The largest absolute Gasteiger partial charge is 0.389 e. The molecule has 0 saturated carbocycles. The Kier molecular flexibility index (Phi) is 5.00. The van der Waals surface area contributed by atoms with Crippen molar-refractivity contribution < 1.29 is 5.11 Å². The minimum atomic E-state index is -0.472. The number of hydrogen-bond acceptors (Lipinski definition) is 1. The van der Waals surface area contributed by atoms with Gasteiger partial charge >= 0.3 is 0 Å². The molecule has 2 unspecified atom stereocenters. The second-order valence-electron chi connectivity index (χ2n) is 4.67. The fraction of sp³-hybridized carbons (Fsp3) is 0.375. The predicted molar refractivity (Wildman–Crippen MR) is 73.4 cm³/mol. The first kappa shape index (κ1) is 13.5. The van der Waals surface area contributed by atoms with Crippen molar-refractivity contribution in [2.75, 3.05) is 0 Å². The summed E-state index contributed by atoms with van der Waals surface area (Å²) in [5.41, 5.74) is 3.31. The van der Waals surface area contributed by atoms with E-state index in [1.165, 1.54) is 0 Å². The van der Waals surface area contributed by atoms with E-state index in [0.717, 1.165) is 23.1 Å². The van der Waals surface area contributed by atoms with Gasteiger partial charge in [-0.15, -0.1) is 6.42 Å². The molecule has 90 valence electrons. The van der Waals surface area contributed by atoms with Gasteiger partial charge in [0.1, 0.15) is 0 Å². The summed E-state index contributed by atoms with van der Waals surface area (Å²) in [6, 6.07) is 0. The summed E-state index contributed by atoms with van der Waals surface area (Å²) in [5.74, 6) is 2.73. The number of rotatable bonds is 4. The average molecular weight is 228 g/mol. The molecule has 0 fully saturated rings. The molecule has 0 bridgehead atoms. The summed E-state index contributed by atoms with van der Waals surface area (Å²) in [4.78, 5) is 0. The van der Waals surface area contributed by atoms with Gasteiger partial charge < -0.3 is 5.11 Å². The summed E-state index contributed by atoms with van der Waals surface area (Å²) in [6.45, 7) is 7.83. The number of terminal acetylenes is 1. The molecular weight excluding hydrogens is 208 g/mol. The minimum absolute atomic E-state index is 0.0232. The summed E-state index contributed by atoms with van der Waals surface area (Å²) in [6.07, 6.45) is 14.4. The Morgan fingerprint density at radius 1 is 1.59 bits per heavy atom. The monoisotopic (exact) mass is 228 g/mol. The first-order valence-corrected chi connectivity index (χ1v) is 5.88. The van der Waals surface area contributed by atoms with Gasteiger partial charge in [0.25, 0.3) is 0 Å². The third-order valence-electron chi connectivity index (χ3n) is 2.72. The Morgan fingerprint density at radius 3 is 2.76 bits per heavy atom. The van der Waals surface area contributed by atoms with Gasteiger partial charge in [0.2, 0.25) is 0 Å². The summed E-state index contributed by atoms with van der Waals surface area (Å²) < 4.78 is 0. The van der Waals surface area contributed by atoms with Gasteiger partial charge in [0.05, 0.1) is 6.10 Å². The van der Waals surface area contributed by atoms with Crippen molar-refractivity contribution in [2.24, 2.45) is 5.92 Å². The van der Waals surface area contributed by atoms with E-state index in [4.69, 9.17) is 6.42 Å². The highest BCUT2D eigenvalue weighted by Crippen LogP contribution is 2.24. The van der Waals surface area contributed by atoms with Crippen LogP contribution in [-0.2, 0) is 0 Å². The number of aliphatic hydroxyl groups excluding tert-OH is 1. The molecule has 0 spiro atoms. The van der Waals surface area contributed by atoms with Gasteiger partial charge in [0.15, 0.2) is 0 Å². The first-order valence-electron chi connectivity index (χ1n) is 5.88. The lowest BCUT2D eigenvalue weighted by atomic mass is 9.89. The Balaban J connectivity index is 2.68. The molecule has 0 aromatic heterocycles. The van der Waals surface area contributed by atoms with E-state index in [1.807, 2.05) is 32.1 Å². The van der Waals surface area contributed by atoms with Crippen LogP contribution in [0.1, 0.15) is 26.7 Å². The predicted octanol–water partition coefficient (Wildman–Crippen LogP) is 3.40. The lowest BCUT2D eigenvalue weighted by Crippen LogP contribution is -2.12. The van der Waals surface area contributed by atoms with E-state index in [9.17, 15) is 5.11 Å². The van der Waals surface area contributed by atoms with Crippen LogP contribution >= 0.6 is 0 Å². The first-order chi connectivity index (χ1) is 8.02. The molecule has 1 heteroatoms. The molecule has 17 heavy (non-hydrogen) atoms. The van der Waals surface area contributed by atoms with Gasteiger partial charge in [-0.05, 0) is 32.3 Å². The van der Waals surface area contributed by atoms with E-state index in [1.54, 1.807) is 0 Å². The fourth-order valence-electron chi connectivity index (χ4n) is 1.85. The maximum Gasteiger partial charge on any atom is 0.0738 e. The van der Waals surface area contributed by atoms with Crippen LogP contribution in [0.15, 0.2) is 47.6 Å².